The van der Waals surface area contributed by atoms with Crippen LogP contribution in [0.2, 0.25) is 0 Å². The fourth-order valence-electron chi connectivity index (χ4n) is 1.61. The molecular formula is C11H19NO3. The van der Waals surface area contributed by atoms with Crippen LogP contribution in [0.25, 0.3) is 0 Å². The molecule has 0 aromatic rings. The van der Waals surface area contributed by atoms with Crippen molar-refractivity contribution in [1.29, 1.82) is 0 Å². The quantitative estimate of drug-likeness (QED) is 0.726. The van der Waals surface area contributed by atoms with Crippen LogP contribution in [-0.4, -0.2) is 24.5 Å². The third-order valence-corrected chi connectivity index (χ3v) is 2.40. The Hall–Kier alpha value is -1.06. The molecule has 0 unspecified atom stereocenters. The summed E-state index contributed by atoms with van der Waals surface area (Å²) in [6.45, 7) is 6.11. The smallest absolute Gasteiger partial charge is 0.407 e. The number of carbonyl (C=O) groups excluding carboxylic acids is 2. The first-order chi connectivity index (χ1) is 6.90. The summed E-state index contributed by atoms with van der Waals surface area (Å²) in [5, 5.41) is 2.71. The molecule has 0 aromatic heterocycles. The third-order valence-electron chi connectivity index (χ3n) is 2.40. The number of amides is 1. The molecule has 0 spiro atoms. The Morgan fingerprint density at radius 2 is 2.07 bits per heavy atom. The third kappa shape index (κ3) is 4.32. The largest absolute Gasteiger partial charge is 0.444 e. The number of ether oxygens (including phenoxy) is 1. The van der Waals surface area contributed by atoms with Crippen LogP contribution < -0.4 is 5.32 Å². The van der Waals surface area contributed by atoms with Crippen molar-refractivity contribution in [2.75, 3.05) is 6.54 Å². The molecular weight excluding hydrogens is 194 g/mol. The maximum Gasteiger partial charge on any atom is 0.407 e. The van der Waals surface area contributed by atoms with Crippen molar-refractivity contribution < 1.29 is 14.3 Å². The van der Waals surface area contributed by atoms with Gasteiger partial charge in [-0.3, -0.25) is 0 Å². The van der Waals surface area contributed by atoms with Crippen molar-refractivity contribution in [3.05, 3.63) is 0 Å². The molecule has 15 heavy (non-hydrogen) atoms. The molecule has 1 aliphatic carbocycles. The second kappa shape index (κ2) is 4.64. The molecule has 1 N–H and O–H groups in total. The van der Waals surface area contributed by atoms with E-state index in [1.54, 1.807) is 0 Å². The first kappa shape index (κ1) is 12.0. The van der Waals surface area contributed by atoms with E-state index in [-0.39, 0.29) is 12.0 Å². The highest BCUT2D eigenvalue weighted by Gasteiger charge is 2.29. The monoisotopic (exact) mass is 213 g/mol. The van der Waals surface area contributed by atoms with E-state index in [9.17, 15) is 9.59 Å². The van der Waals surface area contributed by atoms with Crippen molar-refractivity contribution in [3.8, 4) is 0 Å². The van der Waals surface area contributed by atoms with Gasteiger partial charge in [0.25, 0.3) is 0 Å². The number of rotatable bonds is 3. The maximum atomic E-state index is 11.3. The van der Waals surface area contributed by atoms with Gasteiger partial charge in [-0.15, -0.1) is 0 Å². The van der Waals surface area contributed by atoms with Crippen molar-refractivity contribution >= 4 is 12.4 Å². The molecule has 1 aliphatic rings. The second-order valence-corrected chi connectivity index (χ2v) is 5.12. The molecule has 0 aliphatic heterocycles. The van der Waals surface area contributed by atoms with E-state index in [1.807, 2.05) is 20.8 Å². The zero-order chi connectivity index (χ0) is 11.5. The van der Waals surface area contributed by atoms with Crippen LogP contribution in [-0.2, 0) is 9.53 Å². The highest BCUT2D eigenvalue weighted by Crippen LogP contribution is 2.31. The number of alkyl carbamates (subject to hydrolysis) is 1. The molecule has 0 aromatic carbocycles. The summed E-state index contributed by atoms with van der Waals surface area (Å²) in [7, 11) is 0. The summed E-state index contributed by atoms with van der Waals surface area (Å²) < 4.78 is 5.09. The van der Waals surface area contributed by atoms with E-state index in [4.69, 9.17) is 4.74 Å². The van der Waals surface area contributed by atoms with Gasteiger partial charge in [-0.05, 0) is 39.5 Å². The summed E-state index contributed by atoms with van der Waals surface area (Å²) in [6.07, 6.45) is 2.39. The van der Waals surface area contributed by atoms with Crippen molar-refractivity contribution in [1.82, 2.24) is 5.32 Å². The zero-order valence-electron chi connectivity index (χ0n) is 9.58. The Morgan fingerprint density at radius 3 is 2.53 bits per heavy atom. The highest BCUT2D eigenvalue weighted by atomic mass is 16.6. The molecule has 1 amide bonds. The van der Waals surface area contributed by atoms with E-state index in [2.05, 4.69) is 5.32 Å². The summed E-state index contributed by atoms with van der Waals surface area (Å²) in [5.74, 6) is 0.642. The molecule has 0 saturated heterocycles. The number of aldehydes is 1. The Balaban J connectivity index is 2.11. The van der Waals surface area contributed by atoms with E-state index in [0.29, 0.717) is 12.5 Å². The van der Waals surface area contributed by atoms with E-state index in [1.165, 1.54) is 0 Å². The van der Waals surface area contributed by atoms with Gasteiger partial charge >= 0.3 is 6.09 Å². The normalized spacial score (nSPS) is 25.3. The SMILES string of the molecule is CC(C)(C)OC(=O)NCC1CC(C=O)C1. The summed E-state index contributed by atoms with van der Waals surface area (Å²) in [4.78, 5) is 21.6. The Morgan fingerprint density at radius 1 is 1.47 bits per heavy atom. The van der Waals surface area contributed by atoms with E-state index in [0.717, 1.165) is 19.1 Å². The second-order valence-electron chi connectivity index (χ2n) is 5.12. The lowest BCUT2D eigenvalue weighted by atomic mass is 9.76. The number of nitrogens with one attached hydrogen (secondary N) is 1. The van der Waals surface area contributed by atoms with Crippen LogP contribution >= 0.6 is 0 Å². The van der Waals surface area contributed by atoms with Crippen molar-refractivity contribution in [2.45, 2.75) is 39.2 Å². The molecule has 0 radical (unpaired) electrons. The number of hydrogen-bond acceptors (Lipinski definition) is 3. The van der Waals surface area contributed by atoms with Crippen LogP contribution in [0.5, 0.6) is 0 Å². The summed E-state index contributed by atoms with van der Waals surface area (Å²) in [5.41, 5.74) is -0.449. The van der Waals surface area contributed by atoms with E-state index >= 15 is 0 Å². The Labute approximate surface area is 90.4 Å². The molecule has 0 atom stereocenters. The molecule has 86 valence electrons. The number of hydrogen-bond donors (Lipinski definition) is 1. The summed E-state index contributed by atoms with van der Waals surface area (Å²) in [6, 6.07) is 0. The van der Waals surface area contributed by atoms with Gasteiger partial charge < -0.3 is 14.8 Å². The molecule has 0 bridgehead atoms. The maximum absolute atomic E-state index is 11.3. The lowest BCUT2D eigenvalue weighted by molar-refractivity contribution is -0.114. The van der Waals surface area contributed by atoms with Crippen molar-refractivity contribution in [3.63, 3.8) is 0 Å². The minimum atomic E-state index is -0.449. The minimum Gasteiger partial charge on any atom is -0.444 e. The molecule has 4 heteroatoms. The predicted molar refractivity (Wildman–Crippen MR) is 56.5 cm³/mol. The van der Waals surface area contributed by atoms with Crippen molar-refractivity contribution in [2.24, 2.45) is 11.8 Å². The molecule has 0 heterocycles. The van der Waals surface area contributed by atoms with Crippen LogP contribution in [0.4, 0.5) is 4.79 Å². The van der Waals surface area contributed by atoms with Gasteiger partial charge in [0.1, 0.15) is 11.9 Å². The first-order valence-electron chi connectivity index (χ1n) is 5.33. The lowest BCUT2D eigenvalue weighted by Gasteiger charge is -2.31. The lowest BCUT2D eigenvalue weighted by Crippen LogP contribution is -2.39. The molecule has 4 nitrogen and oxygen atoms in total. The van der Waals surface area contributed by atoms with Gasteiger partial charge in [0.15, 0.2) is 0 Å². The van der Waals surface area contributed by atoms with Gasteiger partial charge in [0.05, 0.1) is 0 Å². The van der Waals surface area contributed by atoms with Crippen LogP contribution in [0.15, 0.2) is 0 Å². The van der Waals surface area contributed by atoms with Gasteiger partial charge in [-0.25, -0.2) is 4.79 Å². The number of carbonyl (C=O) groups is 2. The Bertz CT molecular complexity index is 239. The van der Waals surface area contributed by atoms with Crippen LogP contribution in [0, 0.1) is 11.8 Å². The average Bonchev–Trinajstić information content (AvgIpc) is 1.98. The Kier molecular flexibility index (Phi) is 3.72. The van der Waals surface area contributed by atoms with Gasteiger partial charge in [-0.1, -0.05) is 0 Å². The average molecular weight is 213 g/mol. The fraction of sp³-hybridized carbons (Fsp3) is 0.818. The van der Waals surface area contributed by atoms with Gasteiger partial charge in [-0.2, -0.15) is 0 Å². The molecule has 1 fully saturated rings. The van der Waals surface area contributed by atoms with E-state index < -0.39 is 5.60 Å². The van der Waals surface area contributed by atoms with Gasteiger partial charge in [0, 0.05) is 12.5 Å². The van der Waals surface area contributed by atoms with Gasteiger partial charge in [0.2, 0.25) is 0 Å². The highest BCUT2D eigenvalue weighted by molar-refractivity contribution is 5.67. The standard InChI is InChI=1S/C11H19NO3/c1-11(2,3)15-10(14)12-6-8-4-9(5-8)7-13/h7-9H,4-6H2,1-3H3,(H,12,14). The topological polar surface area (TPSA) is 55.4 Å². The molecule has 1 rings (SSSR count). The fourth-order valence-corrected chi connectivity index (χ4v) is 1.61. The molecule has 1 saturated carbocycles. The summed E-state index contributed by atoms with van der Waals surface area (Å²) >= 11 is 0. The first-order valence-corrected chi connectivity index (χ1v) is 5.33. The van der Waals surface area contributed by atoms with Crippen LogP contribution in [0.1, 0.15) is 33.6 Å². The minimum absolute atomic E-state index is 0.204. The predicted octanol–water partition coefficient (Wildman–Crippen LogP) is 1.74. The zero-order valence-corrected chi connectivity index (χ0v) is 9.58. The van der Waals surface area contributed by atoms with Crippen LogP contribution in [0.3, 0.4) is 0 Å².